The lowest BCUT2D eigenvalue weighted by atomic mass is 10.2. The zero-order valence-electron chi connectivity index (χ0n) is 18.0. The highest BCUT2D eigenvalue weighted by atomic mass is 19.1. The molecule has 0 atom stereocenters. The van der Waals surface area contributed by atoms with Gasteiger partial charge in [0.2, 0.25) is 0 Å². The van der Waals surface area contributed by atoms with Crippen LogP contribution in [0.2, 0.25) is 0 Å². The monoisotopic (exact) mass is 433 g/mol. The maximum atomic E-state index is 13.4. The summed E-state index contributed by atoms with van der Waals surface area (Å²) in [6, 6.07) is 21.8. The summed E-state index contributed by atoms with van der Waals surface area (Å²) in [5.41, 5.74) is 1.74. The van der Waals surface area contributed by atoms with E-state index in [4.69, 9.17) is 0 Å². The number of aromatic nitrogens is 1. The molecule has 166 valence electrons. The first-order valence-corrected chi connectivity index (χ1v) is 11.0. The SMILES string of the molecule is O=C(Nc1ccccc1)N1CCN(CCCN(c2ccc(F)cc2)c2ccccn2)CC1. The van der Waals surface area contributed by atoms with Gasteiger partial charge in [0.1, 0.15) is 11.6 Å². The van der Waals surface area contributed by atoms with Crippen LogP contribution in [-0.2, 0) is 0 Å². The average molecular weight is 434 g/mol. The summed E-state index contributed by atoms with van der Waals surface area (Å²) in [6.45, 7) is 4.82. The number of urea groups is 1. The molecule has 0 unspecified atom stereocenters. The van der Waals surface area contributed by atoms with Gasteiger partial charge in [0.05, 0.1) is 0 Å². The summed E-state index contributed by atoms with van der Waals surface area (Å²) in [5, 5.41) is 2.95. The van der Waals surface area contributed by atoms with E-state index in [0.29, 0.717) is 13.1 Å². The van der Waals surface area contributed by atoms with Gasteiger partial charge in [-0.25, -0.2) is 14.2 Å². The quantitative estimate of drug-likeness (QED) is 0.592. The molecule has 2 amide bonds. The van der Waals surface area contributed by atoms with Crippen molar-refractivity contribution in [2.24, 2.45) is 0 Å². The third-order valence-corrected chi connectivity index (χ3v) is 5.60. The van der Waals surface area contributed by atoms with E-state index in [9.17, 15) is 9.18 Å². The maximum Gasteiger partial charge on any atom is 0.321 e. The number of pyridine rings is 1. The predicted molar refractivity (Wildman–Crippen MR) is 126 cm³/mol. The zero-order chi connectivity index (χ0) is 22.2. The van der Waals surface area contributed by atoms with Crippen molar-refractivity contribution in [3.05, 3.63) is 84.8 Å². The van der Waals surface area contributed by atoms with Crippen LogP contribution in [0, 0.1) is 5.82 Å². The van der Waals surface area contributed by atoms with Crippen molar-refractivity contribution < 1.29 is 9.18 Å². The van der Waals surface area contributed by atoms with Crippen molar-refractivity contribution in [3.8, 4) is 0 Å². The fraction of sp³-hybridized carbons (Fsp3) is 0.280. The number of hydrogen-bond donors (Lipinski definition) is 1. The van der Waals surface area contributed by atoms with Crippen LogP contribution in [-0.4, -0.2) is 60.1 Å². The van der Waals surface area contributed by atoms with Crippen LogP contribution in [0.3, 0.4) is 0 Å². The fourth-order valence-corrected chi connectivity index (χ4v) is 3.86. The second-order valence-corrected chi connectivity index (χ2v) is 7.79. The number of hydrogen-bond acceptors (Lipinski definition) is 4. The second kappa shape index (κ2) is 10.7. The van der Waals surface area contributed by atoms with Gasteiger partial charge in [0, 0.05) is 50.3 Å². The van der Waals surface area contributed by atoms with Crippen molar-refractivity contribution in [3.63, 3.8) is 0 Å². The summed E-state index contributed by atoms with van der Waals surface area (Å²) in [5.74, 6) is 0.602. The van der Waals surface area contributed by atoms with Crippen LogP contribution in [0.4, 0.5) is 26.4 Å². The lowest BCUT2D eigenvalue weighted by molar-refractivity contribution is 0.147. The zero-order valence-corrected chi connectivity index (χ0v) is 18.0. The first-order valence-electron chi connectivity index (χ1n) is 11.0. The minimum Gasteiger partial charge on any atom is -0.326 e. The van der Waals surface area contributed by atoms with Gasteiger partial charge in [-0.3, -0.25) is 4.90 Å². The molecule has 1 N–H and O–H groups in total. The van der Waals surface area contributed by atoms with Crippen LogP contribution in [0.15, 0.2) is 79.0 Å². The summed E-state index contributed by atoms with van der Waals surface area (Å²) < 4.78 is 13.4. The van der Waals surface area contributed by atoms with E-state index < -0.39 is 0 Å². The molecule has 3 aromatic rings. The number of amides is 2. The van der Waals surface area contributed by atoms with E-state index >= 15 is 0 Å². The molecular weight excluding hydrogens is 405 g/mol. The Balaban J connectivity index is 1.27. The molecule has 0 saturated carbocycles. The number of anilines is 3. The van der Waals surface area contributed by atoms with Crippen LogP contribution in [0.5, 0.6) is 0 Å². The summed E-state index contributed by atoms with van der Waals surface area (Å²) >= 11 is 0. The first-order chi connectivity index (χ1) is 15.7. The van der Waals surface area contributed by atoms with E-state index in [1.54, 1.807) is 18.3 Å². The van der Waals surface area contributed by atoms with E-state index in [0.717, 1.165) is 49.8 Å². The molecule has 0 radical (unpaired) electrons. The summed E-state index contributed by atoms with van der Waals surface area (Å²) in [4.78, 5) is 23.3. The Morgan fingerprint density at radius 1 is 0.938 bits per heavy atom. The molecule has 1 aliphatic heterocycles. The van der Waals surface area contributed by atoms with E-state index in [-0.39, 0.29) is 11.8 Å². The molecular formula is C25H28FN5O. The number of carbonyl (C=O) groups is 1. The highest BCUT2D eigenvalue weighted by molar-refractivity contribution is 5.89. The van der Waals surface area contributed by atoms with Crippen molar-refractivity contribution in [1.29, 1.82) is 0 Å². The van der Waals surface area contributed by atoms with Crippen molar-refractivity contribution >= 4 is 23.2 Å². The van der Waals surface area contributed by atoms with Crippen LogP contribution in [0.1, 0.15) is 6.42 Å². The van der Waals surface area contributed by atoms with Gasteiger partial charge < -0.3 is 15.1 Å². The number of carbonyl (C=O) groups excluding carboxylic acids is 1. The van der Waals surface area contributed by atoms with Crippen molar-refractivity contribution in [2.75, 3.05) is 49.5 Å². The second-order valence-electron chi connectivity index (χ2n) is 7.79. The number of rotatable bonds is 7. The highest BCUT2D eigenvalue weighted by Gasteiger charge is 2.21. The number of halogens is 1. The number of benzene rings is 2. The number of nitrogens with one attached hydrogen (secondary N) is 1. The molecule has 1 fully saturated rings. The molecule has 32 heavy (non-hydrogen) atoms. The fourth-order valence-electron chi connectivity index (χ4n) is 3.86. The lowest BCUT2D eigenvalue weighted by Crippen LogP contribution is -2.50. The Hall–Kier alpha value is -3.45. The largest absolute Gasteiger partial charge is 0.326 e. The number of nitrogens with zero attached hydrogens (tertiary/aromatic N) is 4. The maximum absolute atomic E-state index is 13.4. The molecule has 4 rings (SSSR count). The van der Waals surface area contributed by atoms with Gasteiger partial charge in [0.25, 0.3) is 0 Å². The molecule has 2 heterocycles. The molecule has 7 heteroatoms. The Kier molecular flexibility index (Phi) is 7.30. The van der Waals surface area contributed by atoms with Gasteiger partial charge in [-0.15, -0.1) is 0 Å². The topological polar surface area (TPSA) is 51.7 Å². The minimum atomic E-state index is -0.246. The Bertz CT molecular complexity index is 976. The standard InChI is InChI=1S/C25H28FN5O/c26-21-10-12-23(13-11-21)31(24-9-4-5-14-27-24)16-6-15-29-17-19-30(20-18-29)25(32)28-22-7-2-1-3-8-22/h1-5,7-14H,6,15-20H2,(H,28,32). The van der Waals surface area contributed by atoms with Gasteiger partial charge in [-0.2, -0.15) is 0 Å². The normalized spacial score (nSPS) is 14.2. The molecule has 0 aliphatic carbocycles. The number of para-hydroxylation sites is 1. The lowest BCUT2D eigenvalue weighted by Gasteiger charge is -2.35. The van der Waals surface area contributed by atoms with Crippen LogP contribution < -0.4 is 10.2 Å². The molecule has 1 saturated heterocycles. The van der Waals surface area contributed by atoms with Gasteiger partial charge in [-0.05, 0) is 61.5 Å². The minimum absolute atomic E-state index is 0.0477. The van der Waals surface area contributed by atoms with Gasteiger partial charge >= 0.3 is 6.03 Å². The predicted octanol–water partition coefficient (Wildman–Crippen LogP) is 4.60. The Morgan fingerprint density at radius 3 is 2.34 bits per heavy atom. The molecule has 0 spiro atoms. The Labute approximate surface area is 188 Å². The van der Waals surface area contributed by atoms with Crippen molar-refractivity contribution in [1.82, 2.24) is 14.8 Å². The third-order valence-electron chi connectivity index (χ3n) is 5.60. The van der Waals surface area contributed by atoms with Crippen LogP contribution in [0.25, 0.3) is 0 Å². The average Bonchev–Trinajstić information content (AvgIpc) is 2.84. The van der Waals surface area contributed by atoms with E-state index in [1.807, 2.05) is 53.4 Å². The number of piperazine rings is 1. The van der Waals surface area contributed by atoms with Crippen molar-refractivity contribution in [2.45, 2.75) is 6.42 Å². The van der Waals surface area contributed by atoms with E-state index in [2.05, 4.69) is 20.1 Å². The molecule has 1 aliphatic rings. The van der Waals surface area contributed by atoms with Gasteiger partial charge in [0.15, 0.2) is 0 Å². The first kappa shape index (κ1) is 21.8. The molecule has 1 aromatic heterocycles. The third kappa shape index (κ3) is 5.82. The smallest absolute Gasteiger partial charge is 0.321 e. The van der Waals surface area contributed by atoms with Gasteiger partial charge in [-0.1, -0.05) is 24.3 Å². The summed E-state index contributed by atoms with van der Waals surface area (Å²) in [6.07, 6.45) is 2.70. The molecule has 0 bridgehead atoms. The highest BCUT2D eigenvalue weighted by Crippen LogP contribution is 2.24. The molecule has 2 aromatic carbocycles. The Morgan fingerprint density at radius 2 is 1.66 bits per heavy atom. The van der Waals surface area contributed by atoms with E-state index in [1.165, 1.54) is 12.1 Å². The summed E-state index contributed by atoms with van der Waals surface area (Å²) in [7, 11) is 0. The molecule has 6 nitrogen and oxygen atoms in total. The van der Waals surface area contributed by atoms with Crippen LogP contribution >= 0.6 is 0 Å².